The maximum Gasteiger partial charge on any atom is 0.0695 e. The highest BCUT2D eigenvalue weighted by atomic mass is 15.1. The van der Waals surface area contributed by atoms with Crippen molar-refractivity contribution in [3.8, 4) is 11.3 Å². The predicted molar refractivity (Wildman–Crippen MR) is 82.5 cm³/mol. The summed E-state index contributed by atoms with van der Waals surface area (Å²) in [5.41, 5.74) is 3.68. The molecule has 0 saturated heterocycles. The summed E-state index contributed by atoms with van der Waals surface area (Å²) in [5.74, 6) is 4.07. The normalized spacial score (nSPS) is 35.9. The van der Waals surface area contributed by atoms with Crippen LogP contribution in [-0.4, -0.2) is 16.2 Å². The molecule has 3 aliphatic rings. The van der Waals surface area contributed by atoms with E-state index in [1.807, 2.05) is 6.20 Å². The molecule has 108 valence electrons. The van der Waals surface area contributed by atoms with Crippen molar-refractivity contribution < 1.29 is 0 Å². The van der Waals surface area contributed by atoms with E-state index in [0.29, 0.717) is 0 Å². The first-order chi connectivity index (χ1) is 10.4. The van der Waals surface area contributed by atoms with Gasteiger partial charge in [0.05, 0.1) is 11.9 Å². The zero-order valence-corrected chi connectivity index (χ0v) is 12.1. The number of aromatic nitrogens is 2. The van der Waals surface area contributed by atoms with Gasteiger partial charge in [-0.2, -0.15) is 5.10 Å². The van der Waals surface area contributed by atoms with Gasteiger partial charge in [-0.15, -0.1) is 0 Å². The van der Waals surface area contributed by atoms with Gasteiger partial charge in [0.25, 0.3) is 0 Å². The summed E-state index contributed by atoms with van der Waals surface area (Å²) in [6.07, 6.45) is 6.48. The van der Waals surface area contributed by atoms with Gasteiger partial charge in [-0.1, -0.05) is 30.3 Å². The van der Waals surface area contributed by atoms with Gasteiger partial charge >= 0.3 is 0 Å². The number of benzene rings is 1. The predicted octanol–water partition coefficient (Wildman–Crippen LogP) is 3.21. The molecule has 3 fully saturated rings. The lowest BCUT2D eigenvalue weighted by Gasteiger charge is -2.10. The van der Waals surface area contributed by atoms with Gasteiger partial charge in [0, 0.05) is 18.2 Å². The fourth-order valence-electron chi connectivity index (χ4n) is 5.13. The second-order valence-corrected chi connectivity index (χ2v) is 7.03. The average Bonchev–Trinajstić information content (AvgIpc) is 2.94. The van der Waals surface area contributed by atoms with Gasteiger partial charge in [0.1, 0.15) is 0 Å². The van der Waals surface area contributed by atoms with Crippen molar-refractivity contribution >= 4 is 0 Å². The van der Waals surface area contributed by atoms with Crippen LogP contribution in [0.2, 0.25) is 0 Å². The molecule has 2 N–H and O–H groups in total. The molecule has 5 rings (SSSR count). The van der Waals surface area contributed by atoms with E-state index in [1.54, 1.807) is 0 Å². The maximum absolute atomic E-state index is 4.25. The lowest BCUT2D eigenvalue weighted by molar-refractivity contribution is 0.456. The van der Waals surface area contributed by atoms with Crippen molar-refractivity contribution in [3.63, 3.8) is 0 Å². The SMILES string of the molecule is c1ccc(-c2[nH]ncc2CNC2C3C4CCC(C4)C23)cc1. The van der Waals surface area contributed by atoms with E-state index >= 15 is 0 Å². The van der Waals surface area contributed by atoms with Gasteiger partial charge in [-0.05, 0) is 48.5 Å². The number of aromatic amines is 1. The van der Waals surface area contributed by atoms with Crippen molar-refractivity contribution in [2.75, 3.05) is 0 Å². The van der Waals surface area contributed by atoms with E-state index in [0.717, 1.165) is 42.0 Å². The molecule has 3 nitrogen and oxygen atoms in total. The highest BCUT2D eigenvalue weighted by Gasteiger charge is 2.64. The molecule has 21 heavy (non-hydrogen) atoms. The fourth-order valence-corrected chi connectivity index (χ4v) is 5.13. The summed E-state index contributed by atoms with van der Waals surface area (Å²) in [6, 6.07) is 11.3. The Bertz CT molecular complexity index is 631. The Morgan fingerprint density at radius 2 is 1.86 bits per heavy atom. The Morgan fingerprint density at radius 1 is 1.10 bits per heavy atom. The molecular formula is C18H21N3. The smallest absolute Gasteiger partial charge is 0.0695 e. The summed E-state index contributed by atoms with van der Waals surface area (Å²) in [7, 11) is 0. The van der Waals surface area contributed by atoms with Crippen LogP contribution in [0.25, 0.3) is 11.3 Å². The second-order valence-electron chi connectivity index (χ2n) is 7.03. The maximum atomic E-state index is 4.25. The molecule has 1 heterocycles. The van der Waals surface area contributed by atoms with Gasteiger partial charge in [0.15, 0.2) is 0 Å². The Kier molecular flexibility index (Phi) is 2.53. The molecule has 0 amide bonds. The summed E-state index contributed by atoms with van der Waals surface area (Å²) < 4.78 is 0. The molecule has 1 aromatic carbocycles. The largest absolute Gasteiger partial charge is 0.309 e. The third kappa shape index (κ3) is 1.80. The Morgan fingerprint density at radius 3 is 2.62 bits per heavy atom. The van der Waals surface area contributed by atoms with Crippen LogP contribution in [0.5, 0.6) is 0 Å². The molecular weight excluding hydrogens is 258 g/mol. The first kappa shape index (κ1) is 12.0. The quantitative estimate of drug-likeness (QED) is 0.902. The molecule has 4 atom stereocenters. The molecule has 2 bridgehead atoms. The molecule has 1 aromatic heterocycles. The van der Waals surface area contributed by atoms with Crippen molar-refractivity contribution in [2.45, 2.75) is 31.8 Å². The standard InChI is InChI=1S/C18H21N3/c1-2-4-11(5-3-1)17-14(10-20-21-17)9-19-18-15-12-6-7-13(8-12)16(15)18/h1-5,10,12-13,15-16,18-19H,6-9H2,(H,20,21). The highest BCUT2D eigenvalue weighted by Crippen LogP contribution is 2.65. The van der Waals surface area contributed by atoms with Crippen LogP contribution in [0.4, 0.5) is 0 Å². The van der Waals surface area contributed by atoms with Crippen molar-refractivity contribution in [3.05, 3.63) is 42.1 Å². The average molecular weight is 279 g/mol. The van der Waals surface area contributed by atoms with Crippen LogP contribution in [-0.2, 0) is 6.54 Å². The lowest BCUT2D eigenvalue weighted by Crippen LogP contribution is -2.22. The summed E-state index contributed by atoms with van der Waals surface area (Å²) in [4.78, 5) is 0. The molecule has 4 unspecified atom stereocenters. The highest BCUT2D eigenvalue weighted by molar-refractivity contribution is 5.62. The van der Waals surface area contributed by atoms with Crippen molar-refractivity contribution in [1.82, 2.24) is 15.5 Å². The molecule has 0 aliphatic heterocycles. The molecule has 0 radical (unpaired) electrons. The molecule has 0 spiro atoms. The van der Waals surface area contributed by atoms with Crippen LogP contribution < -0.4 is 5.32 Å². The van der Waals surface area contributed by atoms with Crippen LogP contribution >= 0.6 is 0 Å². The van der Waals surface area contributed by atoms with Crippen LogP contribution in [0.15, 0.2) is 36.5 Å². The molecule has 3 aliphatic carbocycles. The van der Waals surface area contributed by atoms with Gasteiger partial charge in [-0.25, -0.2) is 0 Å². The number of hydrogen-bond acceptors (Lipinski definition) is 2. The van der Waals surface area contributed by atoms with Crippen LogP contribution in [0.1, 0.15) is 24.8 Å². The van der Waals surface area contributed by atoms with Gasteiger partial charge in [0.2, 0.25) is 0 Å². The van der Waals surface area contributed by atoms with Crippen molar-refractivity contribution in [1.29, 1.82) is 0 Å². The van der Waals surface area contributed by atoms with Crippen molar-refractivity contribution in [2.24, 2.45) is 23.7 Å². The Hall–Kier alpha value is -1.61. The van der Waals surface area contributed by atoms with E-state index in [-0.39, 0.29) is 0 Å². The number of fused-ring (bicyclic) bond motifs is 5. The third-order valence-corrected chi connectivity index (χ3v) is 6.04. The minimum Gasteiger partial charge on any atom is -0.309 e. The first-order valence-electron chi connectivity index (χ1n) is 8.23. The zero-order chi connectivity index (χ0) is 13.8. The first-order valence-corrected chi connectivity index (χ1v) is 8.23. The van der Waals surface area contributed by atoms with E-state index in [2.05, 4.69) is 45.8 Å². The fraction of sp³-hybridized carbons (Fsp3) is 0.500. The van der Waals surface area contributed by atoms with E-state index in [4.69, 9.17) is 0 Å². The van der Waals surface area contributed by atoms with Gasteiger partial charge < -0.3 is 5.32 Å². The summed E-state index contributed by atoms with van der Waals surface area (Å²) >= 11 is 0. The third-order valence-electron chi connectivity index (χ3n) is 6.04. The second kappa shape index (κ2) is 4.44. The molecule has 3 heteroatoms. The molecule has 3 saturated carbocycles. The lowest BCUT2D eigenvalue weighted by atomic mass is 10.0. The van der Waals surface area contributed by atoms with Gasteiger partial charge in [-0.3, -0.25) is 5.10 Å². The van der Waals surface area contributed by atoms with E-state index in [1.165, 1.54) is 30.4 Å². The molecule has 2 aromatic rings. The monoisotopic (exact) mass is 279 g/mol. The number of rotatable bonds is 4. The number of nitrogens with one attached hydrogen (secondary N) is 2. The van der Waals surface area contributed by atoms with E-state index < -0.39 is 0 Å². The summed E-state index contributed by atoms with van der Waals surface area (Å²) in [6.45, 7) is 0.942. The Balaban J connectivity index is 1.30. The zero-order valence-electron chi connectivity index (χ0n) is 12.1. The van der Waals surface area contributed by atoms with Crippen LogP contribution in [0, 0.1) is 23.7 Å². The van der Waals surface area contributed by atoms with Crippen LogP contribution in [0.3, 0.4) is 0 Å². The number of H-pyrrole nitrogens is 1. The topological polar surface area (TPSA) is 40.7 Å². The summed E-state index contributed by atoms with van der Waals surface area (Å²) in [5, 5.41) is 11.2. The minimum absolute atomic E-state index is 0.787. The number of nitrogens with zero attached hydrogens (tertiary/aromatic N) is 1. The minimum atomic E-state index is 0.787. The Labute approximate surface area is 125 Å². The van der Waals surface area contributed by atoms with E-state index in [9.17, 15) is 0 Å². The number of hydrogen-bond donors (Lipinski definition) is 2.